The van der Waals surface area contributed by atoms with E-state index in [1.165, 1.54) is 12.8 Å². The third-order valence-electron chi connectivity index (χ3n) is 4.13. The molecule has 4 nitrogen and oxygen atoms in total. The Morgan fingerprint density at radius 1 is 1.05 bits per heavy atom. The Morgan fingerprint density at radius 2 is 1.58 bits per heavy atom. The highest BCUT2D eigenvalue weighted by Crippen LogP contribution is 2.44. The molecule has 0 saturated heterocycles. The summed E-state index contributed by atoms with van der Waals surface area (Å²) in [6.45, 7) is 6.30. The molecule has 1 rings (SSSR count). The van der Waals surface area contributed by atoms with Crippen LogP contribution in [-0.4, -0.2) is 22.6 Å². The van der Waals surface area contributed by atoms with Crippen molar-refractivity contribution in [3.8, 4) is 0 Å². The average Bonchev–Trinajstić information content (AvgIpc) is 2.52. The monoisotopic (exact) mass is 270 g/mol. The molecule has 19 heavy (non-hydrogen) atoms. The van der Waals surface area contributed by atoms with Gasteiger partial charge in [-0.2, -0.15) is 0 Å². The van der Waals surface area contributed by atoms with Gasteiger partial charge in [-0.3, -0.25) is 9.59 Å². The van der Waals surface area contributed by atoms with E-state index in [0.29, 0.717) is 0 Å². The summed E-state index contributed by atoms with van der Waals surface area (Å²) < 4.78 is 5.77. The summed E-state index contributed by atoms with van der Waals surface area (Å²) >= 11 is 0. The van der Waals surface area contributed by atoms with Crippen molar-refractivity contribution in [2.45, 2.75) is 77.7 Å². The fourth-order valence-electron chi connectivity index (χ4n) is 2.78. The Bertz CT molecular complexity index is 320. The highest BCUT2D eigenvalue weighted by atomic mass is 16.6. The summed E-state index contributed by atoms with van der Waals surface area (Å²) in [5, 5.41) is 8.63. The average molecular weight is 270 g/mol. The number of rotatable bonds is 4. The number of aliphatic carboxylic acids is 1. The van der Waals surface area contributed by atoms with E-state index in [9.17, 15) is 9.59 Å². The van der Waals surface area contributed by atoms with Crippen LogP contribution in [0.1, 0.15) is 72.1 Å². The van der Waals surface area contributed by atoms with E-state index in [0.717, 1.165) is 25.7 Å². The lowest BCUT2D eigenvalue weighted by Gasteiger charge is -2.43. The van der Waals surface area contributed by atoms with Crippen LogP contribution < -0.4 is 0 Å². The normalized spacial score (nSPS) is 19.5. The number of ether oxygens (including phenoxy) is 1. The molecule has 0 amide bonds. The Hall–Kier alpha value is -1.06. The zero-order chi connectivity index (χ0) is 14.5. The maximum Gasteiger partial charge on any atom is 0.306 e. The first-order valence-corrected chi connectivity index (χ1v) is 7.20. The van der Waals surface area contributed by atoms with Crippen molar-refractivity contribution in [3.63, 3.8) is 0 Å². The van der Waals surface area contributed by atoms with Crippen LogP contribution >= 0.6 is 0 Å². The minimum absolute atomic E-state index is 0.0346. The highest BCUT2D eigenvalue weighted by molar-refractivity contribution is 5.76. The fourth-order valence-corrected chi connectivity index (χ4v) is 2.78. The summed E-state index contributed by atoms with van der Waals surface area (Å²) in [4.78, 5) is 22.4. The zero-order valence-corrected chi connectivity index (χ0v) is 12.3. The maximum absolute atomic E-state index is 11.9. The Kier molecular flexibility index (Phi) is 5.39. The van der Waals surface area contributed by atoms with Gasteiger partial charge in [0.05, 0.1) is 12.8 Å². The van der Waals surface area contributed by atoms with Gasteiger partial charge < -0.3 is 9.84 Å². The molecule has 0 radical (unpaired) electrons. The Balaban J connectivity index is 2.74. The van der Waals surface area contributed by atoms with Gasteiger partial charge in [0.1, 0.15) is 5.60 Å². The summed E-state index contributed by atoms with van der Waals surface area (Å²) in [5.41, 5.74) is -0.546. The summed E-state index contributed by atoms with van der Waals surface area (Å²) in [7, 11) is 0. The molecule has 0 aromatic rings. The predicted octanol–water partition coefficient (Wildman–Crippen LogP) is 3.53. The molecule has 0 bridgehead atoms. The van der Waals surface area contributed by atoms with E-state index >= 15 is 0 Å². The first-order valence-electron chi connectivity index (χ1n) is 7.20. The van der Waals surface area contributed by atoms with E-state index in [2.05, 4.69) is 20.8 Å². The second-order valence-corrected chi connectivity index (χ2v) is 6.53. The largest absolute Gasteiger partial charge is 0.481 e. The summed E-state index contributed by atoms with van der Waals surface area (Å²) in [5.74, 6) is -1.33. The van der Waals surface area contributed by atoms with Gasteiger partial charge in [-0.25, -0.2) is 0 Å². The third-order valence-corrected chi connectivity index (χ3v) is 4.13. The first kappa shape index (κ1) is 16.0. The second-order valence-electron chi connectivity index (χ2n) is 6.53. The lowest BCUT2D eigenvalue weighted by molar-refractivity contribution is -0.177. The molecule has 1 fully saturated rings. The van der Waals surface area contributed by atoms with Gasteiger partial charge in [0.2, 0.25) is 0 Å². The molecule has 1 aliphatic rings. The SMILES string of the molecule is CC(C)(C)C1(OC(=O)CCC(=O)O)CCCCCC1. The number of carbonyl (C=O) groups excluding carboxylic acids is 1. The number of esters is 1. The van der Waals surface area contributed by atoms with Crippen LogP contribution in [0.25, 0.3) is 0 Å². The Labute approximate surface area is 115 Å². The van der Waals surface area contributed by atoms with Gasteiger partial charge in [0, 0.05) is 5.41 Å². The van der Waals surface area contributed by atoms with E-state index in [-0.39, 0.29) is 24.2 Å². The molecule has 1 N–H and O–H groups in total. The lowest BCUT2D eigenvalue weighted by atomic mass is 9.71. The van der Waals surface area contributed by atoms with Gasteiger partial charge in [0.25, 0.3) is 0 Å². The van der Waals surface area contributed by atoms with E-state index in [1.807, 2.05) is 0 Å². The summed E-state index contributed by atoms with van der Waals surface area (Å²) in [6, 6.07) is 0. The lowest BCUT2D eigenvalue weighted by Crippen LogP contribution is -2.46. The predicted molar refractivity (Wildman–Crippen MR) is 72.8 cm³/mol. The van der Waals surface area contributed by atoms with Crippen LogP contribution in [0.2, 0.25) is 0 Å². The molecule has 0 atom stereocenters. The quantitative estimate of drug-likeness (QED) is 0.627. The van der Waals surface area contributed by atoms with Crippen LogP contribution in [0, 0.1) is 5.41 Å². The van der Waals surface area contributed by atoms with Crippen LogP contribution in [0.15, 0.2) is 0 Å². The molecule has 0 aromatic heterocycles. The molecule has 1 aliphatic carbocycles. The molecule has 0 heterocycles. The number of carbonyl (C=O) groups is 2. The molecular weight excluding hydrogens is 244 g/mol. The van der Waals surface area contributed by atoms with Crippen molar-refractivity contribution < 1.29 is 19.4 Å². The number of hydrogen-bond acceptors (Lipinski definition) is 3. The minimum atomic E-state index is -0.956. The molecule has 0 unspecified atom stereocenters. The van der Waals surface area contributed by atoms with Crippen LogP contribution in [0.4, 0.5) is 0 Å². The molecule has 4 heteroatoms. The van der Waals surface area contributed by atoms with Crippen molar-refractivity contribution in [2.75, 3.05) is 0 Å². The van der Waals surface area contributed by atoms with Gasteiger partial charge >= 0.3 is 11.9 Å². The number of carboxylic acids is 1. The topological polar surface area (TPSA) is 63.6 Å². The van der Waals surface area contributed by atoms with Crippen molar-refractivity contribution in [1.29, 1.82) is 0 Å². The van der Waals surface area contributed by atoms with Crippen LogP contribution in [-0.2, 0) is 14.3 Å². The van der Waals surface area contributed by atoms with Gasteiger partial charge in [0.15, 0.2) is 0 Å². The van der Waals surface area contributed by atoms with Crippen molar-refractivity contribution >= 4 is 11.9 Å². The van der Waals surface area contributed by atoms with Gasteiger partial charge in [-0.15, -0.1) is 0 Å². The molecular formula is C15H26O4. The van der Waals surface area contributed by atoms with Gasteiger partial charge in [-0.05, 0) is 25.7 Å². The van der Waals surface area contributed by atoms with Crippen molar-refractivity contribution in [3.05, 3.63) is 0 Å². The Morgan fingerprint density at radius 3 is 2.00 bits per heavy atom. The van der Waals surface area contributed by atoms with Crippen LogP contribution in [0.5, 0.6) is 0 Å². The fraction of sp³-hybridized carbons (Fsp3) is 0.867. The van der Waals surface area contributed by atoms with Crippen molar-refractivity contribution in [1.82, 2.24) is 0 Å². The first-order chi connectivity index (χ1) is 8.77. The van der Waals surface area contributed by atoms with Crippen molar-refractivity contribution in [2.24, 2.45) is 5.41 Å². The molecule has 0 aromatic carbocycles. The number of carboxylic acid groups (broad SMARTS) is 1. The standard InChI is InChI=1S/C15H26O4/c1-14(2,3)15(10-6-4-5-7-11-15)19-13(18)9-8-12(16)17/h4-11H2,1-3H3,(H,16,17). The second kappa shape index (κ2) is 6.40. The van der Waals surface area contributed by atoms with Crippen LogP contribution in [0.3, 0.4) is 0 Å². The molecule has 110 valence electrons. The number of hydrogen-bond donors (Lipinski definition) is 1. The highest BCUT2D eigenvalue weighted by Gasteiger charge is 2.45. The zero-order valence-electron chi connectivity index (χ0n) is 12.3. The molecule has 1 saturated carbocycles. The smallest absolute Gasteiger partial charge is 0.306 e. The van der Waals surface area contributed by atoms with E-state index in [4.69, 9.17) is 9.84 Å². The summed E-state index contributed by atoms with van der Waals surface area (Å²) in [6.07, 6.45) is 6.10. The molecule has 0 spiro atoms. The van der Waals surface area contributed by atoms with E-state index in [1.54, 1.807) is 0 Å². The van der Waals surface area contributed by atoms with E-state index < -0.39 is 11.6 Å². The minimum Gasteiger partial charge on any atom is -0.481 e. The molecule has 0 aliphatic heterocycles. The maximum atomic E-state index is 11.9. The third kappa shape index (κ3) is 4.51. The van der Waals surface area contributed by atoms with Gasteiger partial charge in [-0.1, -0.05) is 33.6 Å².